The lowest BCUT2D eigenvalue weighted by Gasteiger charge is -2.22. The first kappa shape index (κ1) is 22.4. The molecule has 3 amide bonds. The average Bonchev–Trinajstić information content (AvgIpc) is 3.46. The number of hydrogen-bond acceptors (Lipinski definition) is 5. The highest BCUT2D eigenvalue weighted by molar-refractivity contribution is 5.94. The first-order valence-corrected chi connectivity index (χ1v) is 9.58. The van der Waals surface area contributed by atoms with Crippen molar-refractivity contribution in [2.45, 2.75) is 51.6 Å². The maximum absolute atomic E-state index is 12.5. The Balaban J connectivity index is 1.88. The SMILES string of the molecule is Cc1cccc(C)c1NC(=O)CN(CCC(=O)NC(CC(N)=O)C(=O)O)C1CC1. The zero-order chi connectivity index (χ0) is 21.6. The molecule has 1 saturated carbocycles. The highest BCUT2D eigenvalue weighted by atomic mass is 16.4. The maximum atomic E-state index is 12.5. The molecule has 9 nitrogen and oxygen atoms in total. The summed E-state index contributed by atoms with van der Waals surface area (Å²) in [5.41, 5.74) is 7.76. The maximum Gasteiger partial charge on any atom is 0.326 e. The van der Waals surface area contributed by atoms with Crippen LogP contribution in [-0.4, -0.2) is 58.9 Å². The Bertz CT molecular complexity index is 771. The van der Waals surface area contributed by atoms with E-state index in [1.54, 1.807) is 0 Å². The third-order valence-electron chi connectivity index (χ3n) is 4.82. The van der Waals surface area contributed by atoms with Crippen molar-refractivity contribution in [1.29, 1.82) is 0 Å². The Kier molecular flexibility index (Phi) is 7.72. The molecule has 0 heterocycles. The van der Waals surface area contributed by atoms with Crippen molar-refractivity contribution in [2.75, 3.05) is 18.4 Å². The van der Waals surface area contributed by atoms with Gasteiger partial charge < -0.3 is 21.5 Å². The number of amides is 3. The van der Waals surface area contributed by atoms with Crippen LogP contribution in [0.15, 0.2) is 18.2 Å². The van der Waals surface area contributed by atoms with Crippen LogP contribution in [0.25, 0.3) is 0 Å². The van der Waals surface area contributed by atoms with Gasteiger partial charge in [-0.2, -0.15) is 0 Å². The smallest absolute Gasteiger partial charge is 0.326 e. The lowest BCUT2D eigenvalue weighted by atomic mass is 10.1. The van der Waals surface area contributed by atoms with E-state index >= 15 is 0 Å². The Morgan fingerprint density at radius 1 is 1.17 bits per heavy atom. The number of nitrogens with zero attached hydrogens (tertiary/aromatic N) is 1. The number of carbonyl (C=O) groups is 4. The van der Waals surface area contributed by atoms with Gasteiger partial charge in [-0.05, 0) is 37.8 Å². The third kappa shape index (κ3) is 7.19. The van der Waals surface area contributed by atoms with Crippen molar-refractivity contribution >= 4 is 29.4 Å². The predicted octanol–water partition coefficient (Wildman–Crippen LogP) is 0.541. The minimum atomic E-state index is -1.35. The molecule has 5 N–H and O–H groups in total. The zero-order valence-electron chi connectivity index (χ0n) is 16.7. The number of rotatable bonds is 11. The molecule has 1 aliphatic carbocycles. The summed E-state index contributed by atoms with van der Waals surface area (Å²) in [4.78, 5) is 48.6. The molecular weight excluding hydrogens is 376 g/mol. The van der Waals surface area contributed by atoms with Gasteiger partial charge in [-0.15, -0.1) is 0 Å². The fourth-order valence-electron chi connectivity index (χ4n) is 3.12. The highest BCUT2D eigenvalue weighted by Gasteiger charge is 2.31. The number of para-hydroxylation sites is 1. The number of carbonyl (C=O) groups excluding carboxylic acids is 3. The van der Waals surface area contributed by atoms with Crippen molar-refractivity contribution in [3.63, 3.8) is 0 Å². The standard InChI is InChI=1S/C20H28N4O5/c1-12-4-3-5-13(2)19(12)23-18(27)11-24(14-6-7-14)9-8-17(26)22-15(20(28)29)10-16(21)25/h3-5,14-15H,6-11H2,1-2H3,(H2,21,25)(H,22,26)(H,23,27)(H,28,29). The molecule has 0 aromatic heterocycles. The molecule has 2 rings (SSSR count). The fraction of sp³-hybridized carbons (Fsp3) is 0.500. The van der Waals surface area contributed by atoms with E-state index in [2.05, 4.69) is 10.6 Å². The second-order valence-electron chi connectivity index (χ2n) is 7.40. The Morgan fingerprint density at radius 3 is 2.31 bits per heavy atom. The first-order chi connectivity index (χ1) is 13.7. The molecule has 1 aromatic carbocycles. The molecular formula is C20H28N4O5. The second-order valence-corrected chi connectivity index (χ2v) is 7.40. The number of aryl methyl sites for hydroxylation is 2. The summed E-state index contributed by atoms with van der Waals surface area (Å²) in [7, 11) is 0. The molecule has 0 radical (unpaired) electrons. The Hall–Kier alpha value is -2.94. The fourth-order valence-corrected chi connectivity index (χ4v) is 3.12. The number of nitrogens with one attached hydrogen (secondary N) is 2. The number of carboxylic acids is 1. The van der Waals surface area contributed by atoms with Crippen molar-refractivity contribution < 1.29 is 24.3 Å². The normalized spacial score (nSPS) is 14.3. The largest absolute Gasteiger partial charge is 0.480 e. The Labute approximate surface area is 169 Å². The summed E-state index contributed by atoms with van der Waals surface area (Å²) in [6.45, 7) is 4.32. The van der Waals surface area contributed by atoms with Crippen LogP contribution >= 0.6 is 0 Å². The van der Waals surface area contributed by atoms with E-state index in [9.17, 15) is 19.2 Å². The number of carboxylic acid groups (broad SMARTS) is 1. The lowest BCUT2D eigenvalue weighted by Crippen LogP contribution is -2.44. The molecule has 1 aromatic rings. The van der Waals surface area contributed by atoms with Crippen LogP contribution in [0.4, 0.5) is 5.69 Å². The van der Waals surface area contributed by atoms with E-state index in [1.165, 1.54) is 0 Å². The third-order valence-corrected chi connectivity index (χ3v) is 4.82. The molecule has 9 heteroatoms. The topological polar surface area (TPSA) is 142 Å². The van der Waals surface area contributed by atoms with Gasteiger partial charge in [0.1, 0.15) is 6.04 Å². The van der Waals surface area contributed by atoms with Gasteiger partial charge >= 0.3 is 5.97 Å². The van der Waals surface area contributed by atoms with Gasteiger partial charge in [0.05, 0.1) is 13.0 Å². The van der Waals surface area contributed by atoms with E-state index in [-0.39, 0.29) is 24.9 Å². The molecule has 0 spiro atoms. The van der Waals surface area contributed by atoms with Crippen molar-refractivity contribution in [2.24, 2.45) is 5.73 Å². The molecule has 0 aliphatic heterocycles. The average molecular weight is 404 g/mol. The van der Waals surface area contributed by atoms with Crippen molar-refractivity contribution in [3.8, 4) is 0 Å². The number of benzene rings is 1. The van der Waals surface area contributed by atoms with Gasteiger partial charge in [-0.25, -0.2) is 4.79 Å². The van der Waals surface area contributed by atoms with Crippen LogP contribution in [0.1, 0.15) is 36.8 Å². The van der Waals surface area contributed by atoms with Gasteiger partial charge in [0.25, 0.3) is 0 Å². The number of nitrogens with two attached hydrogens (primary N) is 1. The molecule has 1 fully saturated rings. The first-order valence-electron chi connectivity index (χ1n) is 9.58. The van der Waals surface area contributed by atoms with Gasteiger partial charge in [0, 0.05) is 24.7 Å². The van der Waals surface area contributed by atoms with E-state index in [1.807, 2.05) is 36.9 Å². The number of aliphatic carboxylic acids is 1. The van der Waals surface area contributed by atoms with Crippen LogP contribution < -0.4 is 16.4 Å². The zero-order valence-corrected chi connectivity index (χ0v) is 16.7. The van der Waals surface area contributed by atoms with Crippen LogP contribution in [0.3, 0.4) is 0 Å². The summed E-state index contributed by atoms with van der Waals surface area (Å²) in [5.74, 6) is -2.78. The van der Waals surface area contributed by atoms with E-state index in [4.69, 9.17) is 10.8 Å². The number of anilines is 1. The molecule has 1 unspecified atom stereocenters. The van der Waals surface area contributed by atoms with Gasteiger partial charge in [-0.1, -0.05) is 18.2 Å². The molecule has 0 bridgehead atoms. The van der Waals surface area contributed by atoms with Crippen molar-refractivity contribution in [3.05, 3.63) is 29.3 Å². The summed E-state index contributed by atoms with van der Waals surface area (Å²) >= 11 is 0. The van der Waals surface area contributed by atoms with Crippen molar-refractivity contribution in [1.82, 2.24) is 10.2 Å². The number of primary amides is 1. The lowest BCUT2D eigenvalue weighted by molar-refractivity contribution is -0.143. The molecule has 29 heavy (non-hydrogen) atoms. The highest BCUT2D eigenvalue weighted by Crippen LogP contribution is 2.27. The van der Waals surface area contributed by atoms with Crippen LogP contribution in [0.5, 0.6) is 0 Å². The van der Waals surface area contributed by atoms with E-state index in [0.29, 0.717) is 6.54 Å². The van der Waals surface area contributed by atoms with E-state index in [0.717, 1.165) is 29.7 Å². The summed E-state index contributed by atoms with van der Waals surface area (Å²) < 4.78 is 0. The van der Waals surface area contributed by atoms with E-state index < -0.39 is 30.2 Å². The summed E-state index contributed by atoms with van der Waals surface area (Å²) in [6, 6.07) is 4.68. The molecule has 158 valence electrons. The minimum Gasteiger partial charge on any atom is -0.480 e. The number of hydrogen-bond donors (Lipinski definition) is 4. The monoisotopic (exact) mass is 404 g/mol. The van der Waals surface area contributed by atoms with Crippen LogP contribution in [0, 0.1) is 13.8 Å². The Morgan fingerprint density at radius 2 is 1.79 bits per heavy atom. The van der Waals surface area contributed by atoms with Crippen LogP contribution in [0.2, 0.25) is 0 Å². The van der Waals surface area contributed by atoms with Gasteiger partial charge in [-0.3, -0.25) is 19.3 Å². The predicted molar refractivity (Wildman–Crippen MR) is 107 cm³/mol. The van der Waals surface area contributed by atoms with Gasteiger partial charge in [0.15, 0.2) is 0 Å². The molecule has 1 aliphatic rings. The minimum absolute atomic E-state index is 0.0235. The molecule has 1 atom stereocenters. The van der Waals surface area contributed by atoms with Crippen LogP contribution in [-0.2, 0) is 19.2 Å². The van der Waals surface area contributed by atoms with Gasteiger partial charge in [0.2, 0.25) is 17.7 Å². The molecule has 0 saturated heterocycles. The summed E-state index contributed by atoms with van der Waals surface area (Å²) in [5, 5.41) is 14.3. The second kappa shape index (κ2) is 10.0. The quantitative estimate of drug-likeness (QED) is 0.424. The summed E-state index contributed by atoms with van der Waals surface area (Å²) in [6.07, 6.45) is 1.47.